The molecular formula is C10H6ClFN2O2. The lowest BCUT2D eigenvalue weighted by Crippen LogP contribution is -1.95. The van der Waals surface area contributed by atoms with E-state index in [1.807, 2.05) is 0 Å². The fourth-order valence-electron chi connectivity index (χ4n) is 1.27. The first-order valence-corrected chi connectivity index (χ1v) is 4.70. The van der Waals surface area contributed by atoms with E-state index < -0.39 is 11.8 Å². The zero-order valence-electron chi connectivity index (χ0n) is 7.87. The van der Waals surface area contributed by atoms with E-state index in [2.05, 4.69) is 10.2 Å². The first kappa shape index (κ1) is 10.6. The van der Waals surface area contributed by atoms with E-state index in [0.29, 0.717) is 11.3 Å². The Balaban J connectivity index is 2.50. The summed E-state index contributed by atoms with van der Waals surface area (Å²) in [4.78, 5) is 10.6. The molecule has 4 nitrogen and oxygen atoms in total. The number of carboxylic acid groups (broad SMARTS) is 1. The lowest BCUT2D eigenvalue weighted by molar-refractivity contribution is 0.0690. The summed E-state index contributed by atoms with van der Waals surface area (Å²) < 4.78 is 13.1. The summed E-state index contributed by atoms with van der Waals surface area (Å²) in [5.41, 5.74) is 0.572. The van der Waals surface area contributed by atoms with Crippen molar-refractivity contribution in [3.05, 3.63) is 40.8 Å². The molecule has 0 spiro atoms. The van der Waals surface area contributed by atoms with Gasteiger partial charge in [0, 0.05) is 5.56 Å². The molecule has 0 saturated carbocycles. The van der Waals surface area contributed by atoms with Crippen LogP contribution in [-0.2, 0) is 0 Å². The summed E-state index contributed by atoms with van der Waals surface area (Å²) in [5, 5.41) is 14.7. The third-order valence-corrected chi connectivity index (χ3v) is 2.42. The highest BCUT2D eigenvalue weighted by Crippen LogP contribution is 2.28. The smallest absolute Gasteiger partial charge is 0.353 e. The van der Waals surface area contributed by atoms with Crippen molar-refractivity contribution in [2.75, 3.05) is 0 Å². The number of hydrogen-bond donors (Lipinski definition) is 2. The number of aromatic nitrogens is 2. The summed E-state index contributed by atoms with van der Waals surface area (Å²) >= 11 is 5.74. The zero-order valence-corrected chi connectivity index (χ0v) is 8.62. The van der Waals surface area contributed by atoms with E-state index in [4.69, 9.17) is 16.7 Å². The van der Waals surface area contributed by atoms with Gasteiger partial charge in [0.15, 0.2) is 0 Å². The van der Waals surface area contributed by atoms with E-state index >= 15 is 0 Å². The first-order chi connectivity index (χ1) is 7.59. The average molecular weight is 241 g/mol. The zero-order chi connectivity index (χ0) is 11.7. The van der Waals surface area contributed by atoms with Gasteiger partial charge in [0.2, 0.25) is 0 Å². The summed E-state index contributed by atoms with van der Waals surface area (Å²) in [6.45, 7) is 0. The molecule has 1 heterocycles. The molecule has 2 N–H and O–H groups in total. The fraction of sp³-hybridized carbons (Fsp3) is 0. The van der Waals surface area contributed by atoms with Crippen molar-refractivity contribution in [2.45, 2.75) is 0 Å². The van der Waals surface area contributed by atoms with Gasteiger partial charge in [-0.15, -0.1) is 0 Å². The number of nitrogens with zero attached hydrogens (tertiary/aromatic N) is 1. The molecule has 82 valence electrons. The molecule has 0 fully saturated rings. The minimum Gasteiger partial charge on any atom is -0.477 e. The molecule has 0 aliphatic heterocycles. The Bertz CT molecular complexity index is 554. The Morgan fingerprint density at radius 1 is 1.50 bits per heavy atom. The van der Waals surface area contributed by atoms with E-state index in [0.717, 1.165) is 0 Å². The van der Waals surface area contributed by atoms with Crippen molar-refractivity contribution in [1.82, 2.24) is 10.2 Å². The molecule has 0 saturated heterocycles. The van der Waals surface area contributed by atoms with Gasteiger partial charge in [-0.2, -0.15) is 5.10 Å². The van der Waals surface area contributed by atoms with Gasteiger partial charge in [-0.25, -0.2) is 9.18 Å². The molecule has 0 bridgehead atoms. The van der Waals surface area contributed by atoms with Crippen LogP contribution in [0.1, 0.15) is 10.5 Å². The molecule has 6 heteroatoms. The molecule has 2 rings (SSSR count). The number of H-pyrrole nitrogens is 1. The number of benzene rings is 1. The lowest BCUT2D eigenvalue weighted by atomic mass is 10.1. The highest BCUT2D eigenvalue weighted by atomic mass is 35.5. The van der Waals surface area contributed by atoms with E-state index in [1.165, 1.54) is 18.2 Å². The normalized spacial score (nSPS) is 10.4. The molecule has 0 amide bonds. The highest BCUT2D eigenvalue weighted by molar-refractivity contribution is 6.33. The van der Waals surface area contributed by atoms with Crippen LogP contribution in [0.5, 0.6) is 0 Å². The number of carbonyl (C=O) groups is 1. The molecule has 1 aromatic carbocycles. The van der Waals surface area contributed by atoms with E-state index in [1.54, 1.807) is 6.07 Å². The molecule has 0 atom stereocenters. The second-order valence-corrected chi connectivity index (χ2v) is 3.45. The molecule has 0 radical (unpaired) electrons. The molecule has 0 aliphatic rings. The van der Waals surface area contributed by atoms with E-state index in [9.17, 15) is 9.18 Å². The molecule has 2 aromatic rings. The largest absolute Gasteiger partial charge is 0.477 e. The topological polar surface area (TPSA) is 66.0 Å². The van der Waals surface area contributed by atoms with Gasteiger partial charge in [-0.1, -0.05) is 23.7 Å². The Hall–Kier alpha value is -1.88. The monoisotopic (exact) mass is 240 g/mol. The lowest BCUT2D eigenvalue weighted by Gasteiger charge is -2.00. The van der Waals surface area contributed by atoms with Gasteiger partial charge >= 0.3 is 5.97 Å². The number of aromatic carboxylic acids is 1. The fourth-order valence-corrected chi connectivity index (χ4v) is 1.49. The van der Waals surface area contributed by atoms with Crippen molar-refractivity contribution in [1.29, 1.82) is 0 Å². The Morgan fingerprint density at radius 2 is 2.25 bits per heavy atom. The van der Waals surface area contributed by atoms with Crippen molar-refractivity contribution in [2.24, 2.45) is 0 Å². The van der Waals surface area contributed by atoms with Gasteiger partial charge in [-0.05, 0) is 12.1 Å². The van der Waals surface area contributed by atoms with E-state index in [-0.39, 0.29) is 10.7 Å². The third kappa shape index (κ3) is 1.77. The van der Waals surface area contributed by atoms with Gasteiger partial charge in [0.25, 0.3) is 0 Å². The van der Waals surface area contributed by atoms with Crippen LogP contribution < -0.4 is 0 Å². The number of rotatable bonds is 2. The predicted octanol–water partition coefficient (Wildman–Crippen LogP) is 2.57. The SMILES string of the molecule is O=C(O)c1cc(-c2cccc(F)c2Cl)n[nH]1. The number of hydrogen-bond acceptors (Lipinski definition) is 2. The van der Waals surface area contributed by atoms with Crippen molar-refractivity contribution in [3.8, 4) is 11.3 Å². The van der Waals surface area contributed by atoms with Crippen LogP contribution in [0.4, 0.5) is 4.39 Å². The van der Waals surface area contributed by atoms with Gasteiger partial charge in [-0.3, -0.25) is 5.10 Å². The maximum absolute atomic E-state index is 13.1. The predicted molar refractivity (Wildman–Crippen MR) is 56.0 cm³/mol. The van der Waals surface area contributed by atoms with Crippen molar-refractivity contribution in [3.63, 3.8) is 0 Å². The van der Waals surface area contributed by atoms with Crippen LogP contribution in [0.2, 0.25) is 5.02 Å². The summed E-state index contributed by atoms with van der Waals surface area (Å²) in [6.07, 6.45) is 0. The summed E-state index contributed by atoms with van der Waals surface area (Å²) in [5.74, 6) is -1.70. The van der Waals surface area contributed by atoms with Gasteiger partial charge in [0.05, 0.1) is 10.7 Å². The Labute approximate surface area is 94.7 Å². The first-order valence-electron chi connectivity index (χ1n) is 4.32. The van der Waals surface area contributed by atoms with Gasteiger partial charge in [0.1, 0.15) is 11.5 Å². The van der Waals surface area contributed by atoms with Crippen molar-refractivity contribution < 1.29 is 14.3 Å². The van der Waals surface area contributed by atoms with Gasteiger partial charge < -0.3 is 5.11 Å². The molecule has 0 unspecified atom stereocenters. The molecular weight excluding hydrogens is 235 g/mol. The average Bonchev–Trinajstić information content (AvgIpc) is 2.71. The van der Waals surface area contributed by atoms with Crippen LogP contribution in [-0.4, -0.2) is 21.3 Å². The Morgan fingerprint density at radius 3 is 2.88 bits per heavy atom. The maximum Gasteiger partial charge on any atom is 0.353 e. The number of halogens is 2. The third-order valence-electron chi connectivity index (χ3n) is 2.04. The summed E-state index contributed by atoms with van der Waals surface area (Å²) in [6, 6.07) is 5.55. The van der Waals surface area contributed by atoms with Crippen LogP contribution in [0, 0.1) is 5.82 Å². The number of carboxylic acids is 1. The highest BCUT2D eigenvalue weighted by Gasteiger charge is 2.13. The number of nitrogens with one attached hydrogen (secondary N) is 1. The van der Waals surface area contributed by atoms with Crippen molar-refractivity contribution >= 4 is 17.6 Å². The van der Waals surface area contributed by atoms with Crippen LogP contribution in [0.15, 0.2) is 24.3 Å². The van der Waals surface area contributed by atoms with Crippen LogP contribution >= 0.6 is 11.6 Å². The standard InChI is InChI=1S/C10H6ClFN2O2/c11-9-5(2-1-3-6(9)12)7-4-8(10(15)16)14-13-7/h1-4H,(H,13,14)(H,15,16). The van der Waals surface area contributed by atoms with Crippen LogP contribution in [0.25, 0.3) is 11.3 Å². The summed E-state index contributed by atoms with van der Waals surface area (Å²) in [7, 11) is 0. The molecule has 16 heavy (non-hydrogen) atoms. The Kier molecular flexibility index (Phi) is 2.62. The quantitative estimate of drug-likeness (QED) is 0.848. The minimum atomic E-state index is -1.13. The van der Waals surface area contributed by atoms with Crippen LogP contribution in [0.3, 0.4) is 0 Å². The molecule has 1 aromatic heterocycles. The molecule has 0 aliphatic carbocycles. The second kappa shape index (κ2) is 3.94. The number of aromatic amines is 1. The maximum atomic E-state index is 13.1. The second-order valence-electron chi connectivity index (χ2n) is 3.07. The minimum absolute atomic E-state index is 0.0738.